The van der Waals surface area contributed by atoms with Crippen molar-refractivity contribution in [1.29, 1.82) is 0 Å². The number of anilines is 3. The average Bonchev–Trinajstić information content (AvgIpc) is 2.91. The SMILES string of the molecule is CCN(c1nncc(Nc2ccccc2Cl)n1)C1CCS(=O)(=O)C1. The summed E-state index contributed by atoms with van der Waals surface area (Å²) < 4.78 is 23.5. The maximum atomic E-state index is 11.7. The van der Waals surface area contributed by atoms with Crippen LogP contribution in [0.25, 0.3) is 0 Å². The van der Waals surface area contributed by atoms with Crippen LogP contribution in [0.3, 0.4) is 0 Å². The first-order chi connectivity index (χ1) is 11.5. The summed E-state index contributed by atoms with van der Waals surface area (Å²) in [5.41, 5.74) is 0.720. The van der Waals surface area contributed by atoms with Crippen molar-refractivity contribution in [2.24, 2.45) is 0 Å². The van der Waals surface area contributed by atoms with Gasteiger partial charge in [0.2, 0.25) is 5.95 Å². The van der Waals surface area contributed by atoms with Gasteiger partial charge in [-0.3, -0.25) is 0 Å². The maximum absolute atomic E-state index is 11.7. The molecular formula is C15H18ClN5O2S. The maximum Gasteiger partial charge on any atom is 0.247 e. The van der Waals surface area contributed by atoms with Gasteiger partial charge in [0.05, 0.1) is 28.4 Å². The van der Waals surface area contributed by atoms with Crippen LogP contribution < -0.4 is 10.2 Å². The van der Waals surface area contributed by atoms with Gasteiger partial charge in [-0.15, -0.1) is 5.10 Å². The van der Waals surface area contributed by atoms with Gasteiger partial charge in [0.15, 0.2) is 15.7 Å². The smallest absolute Gasteiger partial charge is 0.247 e. The molecule has 1 aromatic heterocycles. The van der Waals surface area contributed by atoms with Crippen molar-refractivity contribution in [3.63, 3.8) is 0 Å². The van der Waals surface area contributed by atoms with Crippen LogP contribution in [0.5, 0.6) is 0 Å². The van der Waals surface area contributed by atoms with Crippen molar-refractivity contribution in [3.8, 4) is 0 Å². The molecule has 0 saturated carbocycles. The van der Waals surface area contributed by atoms with Crippen molar-refractivity contribution in [3.05, 3.63) is 35.5 Å². The van der Waals surface area contributed by atoms with Gasteiger partial charge < -0.3 is 10.2 Å². The van der Waals surface area contributed by atoms with Crippen LogP contribution in [0.1, 0.15) is 13.3 Å². The van der Waals surface area contributed by atoms with Gasteiger partial charge in [-0.2, -0.15) is 10.1 Å². The highest BCUT2D eigenvalue weighted by molar-refractivity contribution is 7.91. The molecule has 9 heteroatoms. The lowest BCUT2D eigenvalue weighted by molar-refractivity contribution is 0.598. The highest BCUT2D eigenvalue weighted by Gasteiger charge is 2.33. The highest BCUT2D eigenvalue weighted by Crippen LogP contribution is 2.25. The van der Waals surface area contributed by atoms with E-state index in [1.807, 2.05) is 30.0 Å². The van der Waals surface area contributed by atoms with Gasteiger partial charge in [0.25, 0.3) is 0 Å². The first-order valence-corrected chi connectivity index (χ1v) is 9.87. The minimum absolute atomic E-state index is 0.114. The first-order valence-electron chi connectivity index (χ1n) is 7.67. The fourth-order valence-electron chi connectivity index (χ4n) is 2.76. The Balaban J connectivity index is 1.83. The van der Waals surface area contributed by atoms with E-state index in [2.05, 4.69) is 20.5 Å². The van der Waals surface area contributed by atoms with Gasteiger partial charge in [-0.05, 0) is 25.5 Å². The van der Waals surface area contributed by atoms with Crippen molar-refractivity contribution in [2.75, 3.05) is 28.3 Å². The molecule has 24 heavy (non-hydrogen) atoms. The molecule has 0 spiro atoms. The quantitative estimate of drug-likeness (QED) is 0.867. The summed E-state index contributed by atoms with van der Waals surface area (Å²) in [6.07, 6.45) is 2.09. The molecule has 2 heterocycles. The van der Waals surface area contributed by atoms with E-state index >= 15 is 0 Å². The molecule has 3 rings (SSSR count). The molecule has 1 fully saturated rings. The zero-order valence-corrected chi connectivity index (χ0v) is 14.8. The predicted molar refractivity (Wildman–Crippen MR) is 94.6 cm³/mol. The van der Waals surface area contributed by atoms with E-state index in [9.17, 15) is 8.42 Å². The minimum Gasteiger partial charge on any atom is -0.338 e. The second kappa shape index (κ2) is 6.90. The van der Waals surface area contributed by atoms with Crippen LogP contribution in [0.15, 0.2) is 30.5 Å². The van der Waals surface area contributed by atoms with Gasteiger partial charge in [0.1, 0.15) is 0 Å². The molecule has 1 aromatic carbocycles. The van der Waals surface area contributed by atoms with E-state index in [4.69, 9.17) is 11.6 Å². The Kier molecular flexibility index (Phi) is 4.86. The number of sulfone groups is 1. The summed E-state index contributed by atoms with van der Waals surface area (Å²) in [7, 11) is -2.97. The van der Waals surface area contributed by atoms with Crippen LogP contribution >= 0.6 is 11.6 Å². The van der Waals surface area contributed by atoms with Crippen molar-refractivity contribution >= 4 is 38.9 Å². The van der Waals surface area contributed by atoms with E-state index in [0.717, 1.165) is 5.69 Å². The zero-order valence-electron chi connectivity index (χ0n) is 13.2. The first kappa shape index (κ1) is 16.9. The molecule has 0 amide bonds. The van der Waals surface area contributed by atoms with Crippen LogP contribution in [0.2, 0.25) is 5.02 Å². The fraction of sp³-hybridized carbons (Fsp3) is 0.400. The Hall–Kier alpha value is -1.93. The fourth-order valence-corrected chi connectivity index (χ4v) is 4.67. The van der Waals surface area contributed by atoms with E-state index in [-0.39, 0.29) is 17.5 Å². The monoisotopic (exact) mass is 367 g/mol. The van der Waals surface area contributed by atoms with Crippen LogP contribution in [-0.2, 0) is 9.84 Å². The second-order valence-electron chi connectivity index (χ2n) is 5.59. The molecule has 1 saturated heterocycles. The molecule has 0 radical (unpaired) electrons. The molecule has 1 aliphatic heterocycles. The third-order valence-electron chi connectivity index (χ3n) is 3.93. The van der Waals surface area contributed by atoms with E-state index in [0.29, 0.717) is 29.8 Å². The topological polar surface area (TPSA) is 88.1 Å². The van der Waals surface area contributed by atoms with Crippen LogP contribution in [0.4, 0.5) is 17.5 Å². The highest BCUT2D eigenvalue weighted by atomic mass is 35.5. The zero-order chi connectivity index (χ0) is 17.2. The summed E-state index contributed by atoms with van der Waals surface area (Å²) in [5, 5.41) is 11.7. The number of para-hydroxylation sites is 1. The molecule has 7 nitrogen and oxygen atoms in total. The third kappa shape index (κ3) is 3.76. The van der Waals surface area contributed by atoms with Crippen molar-refractivity contribution in [1.82, 2.24) is 15.2 Å². The Morgan fingerprint density at radius 3 is 2.83 bits per heavy atom. The van der Waals surface area contributed by atoms with E-state index in [1.54, 1.807) is 6.07 Å². The molecule has 1 aliphatic rings. The van der Waals surface area contributed by atoms with Gasteiger partial charge in [-0.25, -0.2) is 8.42 Å². The largest absolute Gasteiger partial charge is 0.338 e. The number of halogens is 1. The molecule has 0 aliphatic carbocycles. The summed E-state index contributed by atoms with van der Waals surface area (Å²) >= 11 is 6.14. The molecule has 1 N–H and O–H groups in total. The number of aromatic nitrogens is 3. The Morgan fingerprint density at radius 1 is 1.38 bits per heavy atom. The van der Waals surface area contributed by atoms with Crippen LogP contribution in [0, 0.1) is 0 Å². The number of hydrogen-bond acceptors (Lipinski definition) is 7. The van der Waals surface area contributed by atoms with E-state index in [1.165, 1.54) is 6.20 Å². The standard InChI is InChI=1S/C15H18ClN5O2S/c1-2-21(11-7-8-24(22,23)10-11)15-19-14(9-17-20-15)18-13-6-4-3-5-12(13)16/h3-6,9,11H,2,7-8,10H2,1H3,(H,18,19,20). The number of rotatable bonds is 5. The predicted octanol–water partition coefficient (Wildman–Crippen LogP) is 2.28. The molecule has 1 atom stereocenters. The van der Waals surface area contributed by atoms with Crippen molar-refractivity contribution in [2.45, 2.75) is 19.4 Å². The lowest BCUT2D eigenvalue weighted by Gasteiger charge is -2.26. The summed E-state index contributed by atoms with van der Waals surface area (Å²) in [6, 6.07) is 7.21. The minimum atomic E-state index is -2.97. The molecular weight excluding hydrogens is 350 g/mol. The molecule has 0 bridgehead atoms. The molecule has 128 valence electrons. The van der Waals surface area contributed by atoms with Gasteiger partial charge in [0, 0.05) is 12.6 Å². The third-order valence-corrected chi connectivity index (χ3v) is 6.01. The lowest BCUT2D eigenvalue weighted by atomic mass is 10.2. The van der Waals surface area contributed by atoms with Crippen LogP contribution in [-0.4, -0.2) is 47.7 Å². The number of benzene rings is 1. The lowest BCUT2D eigenvalue weighted by Crippen LogP contribution is -2.37. The summed E-state index contributed by atoms with van der Waals surface area (Å²) in [4.78, 5) is 6.34. The summed E-state index contributed by atoms with van der Waals surface area (Å²) in [5.74, 6) is 1.26. The number of nitrogens with zero attached hydrogens (tertiary/aromatic N) is 4. The van der Waals surface area contributed by atoms with E-state index < -0.39 is 9.84 Å². The Bertz CT molecular complexity index is 830. The molecule has 2 aromatic rings. The Labute approximate surface area is 146 Å². The number of nitrogens with one attached hydrogen (secondary N) is 1. The normalized spacial score (nSPS) is 19.2. The summed E-state index contributed by atoms with van der Waals surface area (Å²) in [6.45, 7) is 2.56. The second-order valence-corrected chi connectivity index (χ2v) is 8.23. The van der Waals surface area contributed by atoms with Gasteiger partial charge >= 0.3 is 0 Å². The number of hydrogen-bond donors (Lipinski definition) is 1. The molecule has 1 unspecified atom stereocenters. The van der Waals surface area contributed by atoms with Crippen molar-refractivity contribution < 1.29 is 8.42 Å². The Morgan fingerprint density at radius 2 is 2.17 bits per heavy atom. The van der Waals surface area contributed by atoms with Gasteiger partial charge in [-0.1, -0.05) is 23.7 Å². The average molecular weight is 368 g/mol.